The van der Waals surface area contributed by atoms with E-state index in [1.807, 2.05) is 6.92 Å². The van der Waals surface area contributed by atoms with Crippen LogP contribution in [0, 0.1) is 10.1 Å². The van der Waals surface area contributed by atoms with Crippen LogP contribution in [0.2, 0.25) is 0 Å². The first kappa shape index (κ1) is 20.7. The zero-order chi connectivity index (χ0) is 20.8. The summed E-state index contributed by atoms with van der Waals surface area (Å²) in [5, 5.41) is 14.2. The number of benzene rings is 1. The molecule has 0 saturated heterocycles. The Morgan fingerprint density at radius 2 is 2.10 bits per heavy atom. The number of nitro benzene ring substituents is 1. The molecule has 0 saturated carbocycles. The number of nitrogens with one attached hydrogen (secondary N) is 1. The fourth-order valence-corrected chi connectivity index (χ4v) is 4.48. The van der Waals surface area contributed by atoms with Gasteiger partial charge in [-0.15, -0.1) is 11.3 Å². The van der Waals surface area contributed by atoms with E-state index in [-0.39, 0.29) is 5.69 Å². The predicted octanol–water partition coefficient (Wildman–Crippen LogP) is 4.75. The largest absolute Gasteiger partial charge is 0.462 e. The summed E-state index contributed by atoms with van der Waals surface area (Å²) in [7, 11) is 0. The molecule has 1 aromatic heterocycles. The van der Waals surface area contributed by atoms with Crippen molar-refractivity contribution in [1.29, 1.82) is 0 Å². The topological polar surface area (TPSA) is 98.5 Å². The van der Waals surface area contributed by atoms with E-state index in [4.69, 9.17) is 4.74 Å². The van der Waals surface area contributed by atoms with Crippen molar-refractivity contribution in [3.63, 3.8) is 0 Å². The fourth-order valence-electron chi connectivity index (χ4n) is 3.20. The molecular weight excluding hydrogens is 392 g/mol. The van der Waals surface area contributed by atoms with Crippen LogP contribution in [0.5, 0.6) is 0 Å². The molecule has 152 valence electrons. The second kappa shape index (κ2) is 9.47. The van der Waals surface area contributed by atoms with Gasteiger partial charge in [0.2, 0.25) is 5.91 Å². The van der Waals surface area contributed by atoms with Gasteiger partial charge in [0.25, 0.3) is 5.69 Å². The van der Waals surface area contributed by atoms with Gasteiger partial charge in [-0.05, 0) is 49.3 Å². The average molecular weight is 414 g/mol. The second-order valence-electron chi connectivity index (χ2n) is 6.73. The highest BCUT2D eigenvalue weighted by molar-refractivity contribution is 7.17. The minimum atomic E-state index is -0.484. The Labute approximate surface area is 172 Å². The molecule has 0 fully saturated rings. The number of nitro groups is 1. The smallest absolute Gasteiger partial charge is 0.341 e. The third kappa shape index (κ3) is 5.08. The molecule has 1 heterocycles. The van der Waals surface area contributed by atoms with E-state index in [2.05, 4.69) is 5.32 Å². The van der Waals surface area contributed by atoms with E-state index in [9.17, 15) is 19.7 Å². The third-order valence-electron chi connectivity index (χ3n) is 4.56. The molecule has 0 spiro atoms. The molecule has 7 nitrogen and oxygen atoms in total. The maximum atomic E-state index is 12.6. The van der Waals surface area contributed by atoms with Crippen molar-refractivity contribution in [2.75, 3.05) is 11.9 Å². The molecule has 1 aliphatic rings. The summed E-state index contributed by atoms with van der Waals surface area (Å²) in [5.41, 5.74) is 1.96. The predicted molar refractivity (Wildman–Crippen MR) is 112 cm³/mol. The maximum absolute atomic E-state index is 12.6. The van der Waals surface area contributed by atoms with Gasteiger partial charge in [-0.2, -0.15) is 0 Å². The maximum Gasteiger partial charge on any atom is 0.341 e. The van der Waals surface area contributed by atoms with Crippen LogP contribution in [-0.2, 0) is 22.4 Å². The highest BCUT2D eigenvalue weighted by Gasteiger charge is 2.27. The number of rotatable bonds is 7. The lowest BCUT2D eigenvalue weighted by Gasteiger charge is -2.12. The summed E-state index contributed by atoms with van der Waals surface area (Å²) in [6, 6.07) is 6.02. The highest BCUT2D eigenvalue weighted by atomic mass is 32.1. The Kier molecular flexibility index (Phi) is 6.77. The molecule has 0 unspecified atom stereocenters. The summed E-state index contributed by atoms with van der Waals surface area (Å²) in [4.78, 5) is 36.5. The zero-order valence-corrected chi connectivity index (χ0v) is 16.9. The van der Waals surface area contributed by atoms with Crippen molar-refractivity contribution < 1.29 is 19.2 Å². The van der Waals surface area contributed by atoms with Gasteiger partial charge in [-0.25, -0.2) is 4.79 Å². The Morgan fingerprint density at radius 1 is 1.31 bits per heavy atom. The number of esters is 1. The summed E-state index contributed by atoms with van der Waals surface area (Å²) < 4.78 is 5.32. The van der Waals surface area contributed by atoms with Gasteiger partial charge in [0.15, 0.2) is 0 Å². The normalized spacial score (nSPS) is 13.1. The molecule has 1 aliphatic carbocycles. The summed E-state index contributed by atoms with van der Waals surface area (Å²) in [6.07, 6.45) is 7.32. The first-order valence-corrected chi connectivity index (χ1v) is 10.4. The first-order valence-electron chi connectivity index (χ1n) is 9.54. The molecule has 8 heteroatoms. The fraction of sp³-hybridized carbons (Fsp3) is 0.333. The SMILES string of the molecule is CCCOC(=O)c1c(NC(=O)/C=C/c2cccc([N+](=O)[O-])c2)sc2c1CCCC2. The molecule has 1 amide bonds. The number of carbonyl (C=O) groups excluding carboxylic acids is 2. The molecular formula is C21H22N2O5S. The number of thiophene rings is 1. The number of anilines is 1. The van der Waals surface area contributed by atoms with Gasteiger partial charge in [-0.1, -0.05) is 19.1 Å². The number of nitrogens with zero attached hydrogens (tertiary/aromatic N) is 1. The van der Waals surface area contributed by atoms with Gasteiger partial charge in [-0.3, -0.25) is 14.9 Å². The second-order valence-corrected chi connectivity index (χ2v) is 7.83. The number of amides is 1. The van der Waals surface area contributed by atoms with Gasteiger partial charge in [0.05, 0.1) is 17.1 Å². The standard InChI is InChI=1S/C21H22N2O5S/c1-2-12-28-21(25)19-16-8-3-4-9-17(16)29-20(19)22-18(24)11-10-14-6-5-7-15(13-14)23(26)27/h5-7,10-11,13H,2-4,8-9,12H2,1H3,(H,22,24)/b11-10+. The molecule has 29 heavy (non-hydrogen) atoms. The van der Waals surface area contributed by atoms with E-state index < -0.39 is 16.8 Å². The summed E-state index contributed by atoms with van der Waals surface area (Å²) in [6.45, 7) is 2.27. The van der Waals surface area contributed by atoms with Crippen molar-refractivity contribution in [2.45, 2.75) is 39.0 Å². The Morgan fingerprint density at radius 3 is 2.86 bits per heavy atom. The number of fused-ring (bicyclic) bond motifs is 1. The van der Waals surface area contributed by atoms with Crippen molar-refractivity contribution in [3.8, 4) is 0 Å². The summed E-state index contributed by atoms with van der Waals surface area (Å²) >= 11 is 1.42. The van der Waals surface area contributed by atoms with Crippen LogP contribution >= 0.6 is 11.3 Å². The first-order chi connectivity index (χ1) is 14.0. The molecule has 1 N–H and O–H groups in total. The molecule has 0 bridgehead atoms. The van der Waals surface area contributed by atoms with Crippen LogP contribution in [-0.4, -0.2) is 23.4 Å². The van der Waals surface area contributed by atoms with Crippen LogP contribution in [0.3, 0.4) is 0 Å². The van der Waals surface area contributed by atoms with E-state index in [0.717, 1.165) is 42.5 Å². The number of carbonyl (C=O) groups is 2. The van der Waals surface area contributed by atoms with Crippen LogP contribution in [0.25, 0.3) is 6.08 Å². The highest BCUT2D eigenvalue weighted by Crippen LogP contribution is 2.38. The quantitative estimate of drug-likeness (QED) is 0.305. The number of hydrogen-bond acceptors (Lipinski definition) is 6. The minimum Gasteiger partial charge on any atom is -0.462 e. The number of aryl methyl sites for hydroxylation is 1. The van der Waals surface area contributed by atoms with Crippen molar-refractivity contribution in [3.05, 3.63) is 62.0 Å². The number of hydrogen-bond donors (Lipinski definition) is 1. The molecule has 0 atom stereocenters. The van der Waals surface area contributed by atoms with Crippen LogP contribution < -0.4 is 5.32 Å². The molecule has 3 rings (SSSR count). The lowest BCUT2D eigenvalue weighted by molar-refractivity contribution is -0.384. The molecule has 0 radical (unpaired) electrons. The number of non-ortho nitro benzene ring substituents is 1. The lowest BCUT2D eigenvalue weighted by atomic mass is 9.95. The van der Waals surface area contributed by atoms with Gasteiger partial charge < -0.3 is 10.1 Å². The third-order valence-corrected chi connectivity index (χ3v) is 5.76. The van der Waals surface area contributed by atoms with Crippen LogP contribution in [0.4, 0.5) is 10.7 Å². The number of ether oxygens (including phenoxy) is 1. The van der Waals surface area contributed by atoms with Crippen molar-refractivity contribution in [2.24, 2.45) is 0 Å². The summed E-state index contributed by atoms with van der Waals surface area (Å²) in [5.74, 6) is -0.802. The molecule has 0 aliphatic heterocycles. The minimum absolute atomic E-state index is 0.0422. The van der Waals surface area contributed by atoms with E-state index >= 15 is 0 Å². The van der Waals surface area contributed by atoms with E-state index in [1.165, 1.54) is 35.6 Å². The zero-order valence-electron chi connectivity index (χ0n) is 16.1. The van der Waals surface area contributed by atoms with Crippen LogP contribution in [0.1, 0.15) is 52.5 Å². The monoisotopic (exact) mass is 414 g/mol. The van der Waals surface area contributed by atoms with Gasteiger partial charge in [0.1, 0.15) is 5.00 Å². The van der Waals surface area contributed by atoms with Gasteiger partial charge >= 0.3 is 5.97 Å². The van der Waals surface area contributed by atoms with Crippen molar-refractivity contribution >= 4 is 40.0 Å². The Balaban J connectivity index is 1.79. The van der Waals surface area contributed by atoms with Crippen molar-refractivity contribution in [1.82, 2.24) is 0 Å². The molecule has 2 aromatic rings. The van der Waals surface area contributed by atoms with E-state index in [1.54, 1.807) is 12.1 Å². The van der Waals surface area contributed by atoms with Crippen LogP contribution in [0.15, 0.2) is 30.3 Å². The Bertz CT molecular complexity index is 964. The van der Waals surface area contributed by atoms with Gasteiger partial charge in [0, 0.05) is 23.1 Å². The lowest BCUT2D eigenvalue weighted by Crippen LogP contribution is -2.14. The van der Waals surface area contributed by atoms with E-state index in [0.29, 0.717) is 22.7 Å². The molecule has 1 aromatic carbocycles. The Hall–Kier alpha value is -3.00. The average Bonchev–Trinajstić information content (AvgIpc) is 3.08.